The molecule has 4 rings (SSSR count). The third-order valence-corrected chi connectivity index (χ3v) is 9.56. The monoisotopic (exact) mass is 650 g/mol. The third-order valence-electron chi connectivity index (χ3n) is 8.41. The average molecular weight is 652 g/mol. The third kappa shape index (κ3) is 5.63. The number of esters is 1. The lowest BCUT2D eigenvalue weighted by atomic mass is 9.70. The molecular formula is C31H40BrClN2O6. The van der Waals surface area contributed by atoms with Crippen molar-refractivity contribution in [3.8, 4) is 0 Å². The first-order chi connectivity index (χ1) is 19.5. The molecule has 3 fully saturated rings. The fourth-order valence-electron chi connectivity index (χ4n) is 6.86. The lowest BCUT2D eigenvalue weighted by Crippen LogP contribution is -2.59. The van der Waals surface area contributed by atoms with Crippen LogP contribution in [0, 0.1) is 24.7 Å². The van der Waals surface area contributed by atoms with Crippen molar-refractivity contribution < 1.29 is 29.0 Å². The molecule has 1 N–H and O–H groups in total. The molecule has 3 saturated heterocycles. The summed E-state index contributed by atoms with van der Waals surface area (Å²) < 4.78 is 12.2. The Labute approximate surface area is 255 Å². The molecule has 224 valence electrons. The van der Waals surface area contributed by atoms with Crippen molar-refractivity contribution in [2.24, 2.45) is 17.8 Å². The standard InChI is InChI=1S/C31H40BrClN2O6/c1-6-8-9-14-40-30(39)23-24-28(37)35(20(17-36)15-18(3)4)27(31(24)16-21(32)26(23)41-31)29(38)34(13-7-2)25-19(5)11-10-12-22(25)33/h6-7,10-12,18,20-21,23-24,26-27,36H,1-2,8-9,13-17H2,3-5H3/t20-,21?,23+,24+,26+,27?,31?/m1/s1. The summed E-state index contributed by atoms with van der Waals surface area (Å²) in [5.74, 6) is -2.92. The number of anilines is 1. The van der Waals surface area contributed by atoms with E-state index in [2.05, 4.69) is 29.1 Å². The maximum atomic E-state index is 14.8. The molecule has 10 heteroatoms. The van der Waals surface area contributed by atoms with Gasteiger partial charge in [-0.15, -0.1) is 13.2 Å². The van der Waals surface area contributed by atoms with Crippen molar-refractivity contribution in [2.45, 2.75) is 75.1 Å². The number of hydrogen-bond acceptors (Lipinski definition) is 6. The van der Waals surface area contributed by atoms with Crippen LogP contribution in [0.15, 0.2) is 43.5 Å². The molecule has 2 amide bonds. The number of carbonyl (C=O) groups is 3. The van der Waals surface area contributed by atoms with Crippen molar-refractivity contribution >= 4 is 51.0 Å². The van der Waals surface area contributed by atoms with Gasteiger partial charge in [0.1, 0.15) is 11.6 Å². The summed E-state index contributed by atoms with van der Waals surface area (Å²) in [6.45, 7) is 13.4. The number of unbranched alkanes of at least 4 members (excludes halogenated alkanes) is 1. The summed E-state index contributed by atoms with van der Waals surface area (Å²) in [5, 5.41) is 10.9. The molecule has 1 aromatic carbocycles. The zero-order valence-electron chi connectivity index (χ0n) is 23.9. The summed E-state index contributed by atoms with van der Waals surface area (Å²) in [6, 6.07) is 3.66. The predicted molar refractivity (Wildman–Crippen MR) is 162 cm³/mol. The Balaban J connectivity index is 1.82. The van der Waals surface area contributed by atoms with Crippen LogP contribution < -0.4 is 4.90 Å². The number of rotatable bonds is 13. The first-order valence-corrected chi connectivity index (χ1v) is 15.5. The number of aliphatic hydroxyl groups excluding tert-OH is 1. The van der Waals surface area contributed by atoms with Crippen LogP contribution in [0.1, 0.15) is 45.1 Å². The van der Waals surface area contributed by atoms with E-state index in [4.69, 9.17) is 21.1 Å². The summed E-state index contributed by atoms with van der Waals surface area (Å²) in [6.07, 6.45) is 4.88. The fraction of sp³-hybridized carbons (Fsp3) is 0.581. The Morgan fingerprint density at radius 1 is 1.34 bits per heavy atom. The van der Waals surface area contributed by atoms with E-state index in [-0.39, 0.29) is 42.3 Å². The van der Waals surface area contributed by atoms with Gasteiger partial charge in [0, 0.05) is 11.4 Å². The number of halogens is 2. The number of benzene rings is 1. The number of nitrogens with zero attached hydrogens (tertiary/aromatic N) is 2. The van der Waals surface area contributed by atoms with Crippen LogP contribution in [0.5, 0.6) is 0 Å². The smallest absolute Gasteiger partial charge is 0.312 e. The molecule has 0 radical (unpaired) electrons. The zero-order chi connectivity index (χ0) is 30.1. The Morgan fingerprint density at radius 2 is 2.07 bits per heavy atom. The van der Waals surface area contributed by atoms with Gasteiger partial charge in [-0.05, 0) is 50.2 Å². The van der Waals surface area contributed by atoms with Gasteiger partial charge >= 0.3 is 5.97 Å². The van der Waals surface area contributed by atoms with Gasteiger partial charge in [-0.2, -0.15) is 0 Å². The lowest BCUT2D eigenvalue weighted by molar-refractivity contribution is -0.155. The molecular weight excluding hydrogens is 612 g/mol. The maximum Gasteiger partial charge on any atom is 0.312 e. The second-order valence-electron chi connectivity index (χ2n) is 11.6. The molecule has 3 unspecified atom stereocenters. The number of alkyl halides is 1. The number of likely N-dealkylation sites (tertiary alicyclic amines) is 1. The molecule has 3 heterocycles. The Hall–Kier alpha value is -2.20. The number of carbonyl (C=O) groups excluding carboxylic acids is 3. The highest BCUT2D eigenvalue weighted by Gasteiger charge is 2.77. The average Bonchev–Trinajstić information content (AvgIpc) is 3.52. The number of allylic oxidation sites excluding steroid dienone is 1. The van der Waals surface area contributed by atoms with E-state index >= 15 is 0 Å². The van der Waals surface area contributed by atoms with Gasteiger partial charge in [-0.25, -0.2) is 0 Å². The number of fused-ring (bicyclic) bond motifs is 1. The highest BCUT2D eigenvalue weighted by atomic mass is 79.9. The SMILES string of the molecule is C=CCCCOC(=O)[C@H]1[C@H]2C(=O)N([C@@H](CO)CC(C)C)C(C(=O)N(CC=C)c3c(C)cccc3Cl)C23CC(Br)[C@@H]1O3. The van der Waals surface area contributed by atoms with Crippen molar-refractivity contribution in [2.75, 3.05) is 24.7 Å². The number of amides is 2. The Kier molecular flexibility index (Phi) is 10.0. The summed E-state index contributed by atoms with van der Waals surface area (Å²) in [4.78, 5) is 45.4. The highest BCUT2D eigenvalue weighted by molar-refractivity contribution is 9.09. The van der Waals surface area contributed by atoms with E-state index in [9.17, 15) is 19.5 Å². The van der Waals surface area contributed by atoms with Gasteiger partial charge < -0.3 is 24.4 Å². The largest absolute Gasteiger partial charge is 0.465 e. The number of hydrogen-bond donors (Lipinski definition) is 1. The van der Waals surface area contributed by atoms with Crippen LogP contribution >= 0.6 is 27.5 Å². The highest BCUT2D eigenvalue weighted by Crippen LogP contribution is 2.61. The molecule has 2 bridgehead atoms. The molecule has 1 aromatic rings. The van der Waals surface area contributed by atoms with Gasteiger partial charge in [0.2, 0.25) is 5.91 Å². The van der Waals surface area contributed by atoms with E-state index in [1.165, 1.54) is 9.80 Å². The topological polar surface area (TPSA) is 96.4 Å². The van der Waals surface area contributed by atoms with E-state index < -0.39 is 41.6 Å². The summed E-state index contributed by atoms with van der Waals surface area (Å²) in [7, 11) is 0. The first kappa shape index (κ1) is 31.7. The van der Waals surface area contributed by atoms with Gasteiger partial charge in [0.05, 0.1) is 47.9 Å². The quantitative estimate of drug-likeness (QED) is 0.142. The molecule has 7 atom stereocenters. The minimum Gasteiger partial charge on any atom is -0.465 e. The van der Waals surface area contributed by atoms with Gasteiger partial charge in [0.15, 0.2) is 0 Å². The van der Waals surface area contributed by atoms with Crippen LogP contribution in [0.3, 0.4) is 0 Å². The molecule has 3 aliphatic rings. The van der Waals surface area contributed by atoms with Crippen LogP contribution in [-0.2, 0) is 23.9 Å². The first-order valence-electron chi connectivity index (χ1n) is 14.2. The van der Waals surface area contributed by atoms with Crippen LogP contribution in [0.25, 0.3) is 0 Å². The predicted octanol–water partition coefficient (Wildman–Crippen LogP) is 4.83. The number of aryl methyl sites for hydroxylation is 1. The van der Waals surface area contributed by atoms with Gasteiger partial charge in [-0.1, -0.05) is 65.7 Å². The fourth-order valence-corrected chi connectivity index (χ4v) is 8.13. The van der Waals surface area contributed by atoms with E-state index in [1.807, 2.05) is 32.9 Å². The minimum atomic E-state index is -1.28. The summed E-state index contributed by atoms with van der Waals surface area (Å²) in [5.41, 5.74) is 0.0305. The molecule has 8 nitrogen and oxygen atoms in total. The van der Waals surface area contributed by atoms with E-state index in [0.29, 0.717) is 36.4 Å². The van der Waals surface area contributed by atoms with E-state index in [0.717, 1.165) is 5.56 Å². The second-order valence-corrected chi connectivity index (χ2v) is 13.2. The van der Waals surface area contributed by atoms with Crippen molar-refractivity contribution in [3.63, 3.8) is 0 Å². The Bertz CT molecular complexity index is 1170. The van der Waals surface area contributed by atoms with Crippen LogP contribution in [0.2, 0.25) is 5.02 Å². The zero-order valence-corrected chi connectivity index (χ0v) is 26.3. The normalized spacial score (nSPS) is 29.0. The van der Waals surface area contributed by atoms with Gasteiger partial charge in [-0.3, -0.25) is 14.4 Å². The van der Waals surface area contributed by atoms with Crippen molar-refractivity contribution in [3.05, 3.63) is 54.1 Å². The molecule has 1 spiro atoms. The molecule has 0 saturated carbocycles. The lowest BCUT2D eigenvalue weighted by Gasteiger charge is -2.40. The Morgan fingerprint density at radius 3 is 2.68 bits per heavy atom. The summed E-state index contributed by atoms with van der Waals surface area (Å²) >= 11 is 10.3. The van der Waals surface area contributed by atoms with E-state index in [1.54, 1.807) is 18.2 Å². The molecule has 0 aliphatic carbocycles. The van der Waals surface area contributed by atoms with Crippen LogP contribution in [-0.4, -0.2) is 76.2 Å². The second kappa shape index (κ2) is 13.0. The van der Waals surface area contributed by atoms with Crippen LogP contribution in [0.4, 0.5) is 5.69 Å². The number of aliphatic hydroxyl groups is 1. The van der Waals surface area contributed by atoms with Gasteiger partial charge in [0.25, 0.3) is 5.91 Å². The molecule has 3 aliphatic heterocycles. The molecule has 41 heavy (non-hydrogen) atoms. The number of ether oxygens (including phenoxy) is 2. The number of para-hydroxylation sites is 1. The maximum absolute atomic E-state index is 14.8. The minimum absolute atomic E-state index is 0.135. The van der Waals surface area contributed by atoms with Crippen molar-refractivity contribution in [1.82, 2.24) is 4.90 Å². The van der Waals surface area contributed by atoms with Crippen molar-refractivity contribution in [1.29, 1.82) is 0 Å². The molecule has 0 aromatic heterocycles.